The first-order chi connectivity index (χ1) is 15.7. The van der Waals surface area contributed by atoms with Crippen LogP contribution in [-0.4, -0.2) is 48.8 Å². The summed E-state index contributed by atoms with van der Waals surface area (Å²) < 4.78 is 61.9. The van der Waals surface area contributed by atoms with Crippen LogP contribution in [0, 0.1) is 11.6 Å². The molecule has 3 rings (SSSR count). The van der Waals surface area contributed by atoms with Crippen LogP contribution in [0.25, 0.3) is 5.69 Å². The SMILES string of the molecule is COC(=S)NCc1cn(-c2cc(F)c(NCCNS(=O)(=O)c3cccc(N)c3)c(F)c2)nn1. The molecule has 1 heterocycles. The predicted molar refractivity (Wildman–Crippen MR) is 122 cm³/mol. The molecule has 0 unspecified atom stereocenters. The topological polar surface area (TPSA) is 136 Å². The van der Waals surface area contributed by atoms with Crippen molar-refractivity contribution < 1.29 is 21.9 Å². The van der Waals surface area contributed by atoms with E-state index in [0.29, 0.717) is 11.4 Å². The lowest BCUT2D eigenvalue weighted by atomic mass is 10.2. The van der Waals surface area contributed by atoms with E-state index < -0.39 is 27.3 Å². The van der Waals surface area contributed by atoms with E-state index >= 15 is 0 Å². The molecular formula is C19H21F2N7O3S2. The summed E-state index contributed by atoms with van der Waals surface area (Å²) in [6.07, 6.45) is 1.48. The normalized spacial score (nSPS) is 11.2. The minimum absolute atomic E-state index is 0.00402. The number of nitrogens with two attached hydrogens (primary N) is 1. The maximum absolute atomic E-state index is 14.5. The highest BCUT2D eigenvalue weighted by Crippen LogP contribution is 2.22. The second-order valence-corrected chi connectivity index (χ2v) is 8.82. The van der Waals surface area contributed by atoms with Gasteiger partial charge in [-0.05, 0) is 30.4 Å². The summed E-state index contributed by atoms with van der Waals surface area (Å²) in [5.74, 6) is -1.75. The number of hydrogen-bond donors (Lipinski definition) is 4. The average Bonchev–Trinajstić information content (AvgIpc) is 3.25. The van der Waals surface area contributed by atoms with Crippen LogP contribution in [0.3, 0.4) is 0 Å². The number of halogens is 2. The molecule has 2 aromatic carbocycles. The molecule has 1 aromatic heterocycles. The number of hydrogen-bond acceptors (Lipinski definition) is 8. The van der Waals surface area contributed by atoms with Gasteiger partial charge in [-0.15, -0.1) is 5.10 Å². The van der Waals surface area contributed by atoms with Crippen LogP contribution in [0.15, 0.2) is 47.5 Å². The van der Waals surface area contributed by atoms with Gasteiger partial charge in [0.05, 0.1) is 30.4 Å². The van der Waals surface area contributed by atoms with Crippen molar-refractivity contribution in [3.05, 3.63) is 59.9 Å². The number of ether oxygens (including phenoxy) is 1. The molecule has 0 atom stereocenters. The van der Waals surface area contributed by atoms with Gasteiger partial charge in [-0.3, -0.25) is 0 Å². The van der Waals surface area contributed by atoms with Gasteiger partial charge >= 0.3 is 0 Å². The van der Waals surface area contributed by atoms with E-state index in [4.69, 9.17) is 22.7 Å². The first-order valence-electron chi connectivity index (χ1n) is 9.51. The van der Waals surface area contributed by atoms with Crippen LogP contribution < -0.4 is 21.1 Å². The van der Waals surface area contributed by atoms with Crippen molar-refractivity contribution in [2.75, 3.05) is 31.2 Å². The van der Waals surface area contributed by atoms with Crippen molar-refractivity contribution >= 4 is 38.8 Å². The number of benzene rings is 2. The third-order valence-electron chi connectivity index (χ3n) is 4.32. The number of rotatable bonds is 9. The molecule has 0 aliphatic heterocycles. The number of nitrogens with one attached hydrogen (secondary N) is 3. The predicted octanol–water partition coefficient (Wildman–Crippen LogP) is 1.54. The minimum atomic E-state index is -3.81. The number of sulfonamides is 1. The molecule has 0 spiro atoms. The van der Waals surface area contributed by atoms with Gasteiger partial charge in [0.25, 0.3) is 5.17 Å². The molecule has 0 saturated heterocycles. The van der Waals surface area contributed by atoms with Crippen molar-refractivity contribution in [1.82, 2.24) is 25.0 Å². The smallest absolute Gasteiger partial charge is 0.256 e. The summed E-state index contributed by atoms with van der Waals surface area (Å²) in [6.45, 7) is 0.0522. The van der Waals surface area contributed by atoms with Gasteiger partial charge in [0, 0.05) is 30.9 Å². The Kier molecular flexibility index (Phi) is 7.73. The van der Waals surface area contributed by atoms with Crippen molar-refractivity contribution in [3.63, 3.8) is 0 Å². The van der Waals surface area contributed by atoms with E-state index in [1.807, 2.05) is 0 Å². The summed E-state index contributed by atoms with van der Waals surface area (Å²) >= 11 is 4.86. The molecule has 0 aliphatic rings. The van der Waals surface area contributed by atoms with Crippen LogP contribution in [0.4, 0.5) is 20.2 Å². The number of aromatic nitrogens is 3. The fourth-order valence-corrected chi connectivity index (χ4v) is 3.90. The molecule has 3 aromatic rings. The summed E-state index contributed by atoms with van der Waals surface area (Å²) in [7, 11) is -2.39. The molecule has 176 valence electrons. The Balaban J connectivity index is 1.60. The molecule has 0 amide bonds. The van der Waals surface area contributed by atoms with Crippen LogP contribution in [0.2, 0.25) is 0 Å². The molecular weight excluding hydrogens is 476 g/mol. The van der Waals surface area contributed by atoms with Gasteiger partial charge in [0.2, 0.25) is 10.0 Å². The van der Waals surface area contributed by atoms with Gasteiger partial charge in [-0.25, -0.2) is 26.6 Å². The van der Waals surface area contributed by atoms with Gasteiger partial charge < -0.3 is 21.1 Å². The molecule has 0 saturated carbocycles. The number of nitrogen functional groups attached to an aromatic ring is 1. The van der Waals surface area contributed by atoms with E-state index in [-0.39, 0.29) is 35.4 Å². The Labute approximate surface area is 194 Å². The lowest BCUT2D eigenvalue weighted by molar-refractivity contribution is 0.392. The van der Waals surface area contributed by atoms with Crippen LogP contribution >= 0.6 is 12.2 Å². The third-order valence-corrected chi connectivity index (χ3v) is 6.09. The maximum Gasteiger partial charge on any atom is 0.256 e. The van der Waals surface area contributed by atoms with Gasteiger partial charge in [0.1, 0.15) is 11.4 Å². The number of methoxy groups -OCH3 is 1. The Hall–Kier alpha value is -3.36. The van der Waals surface area contributed by atoms with Gasteiger partial charge in [0.15, 0.2) is 11.6 Å². The second kappa shape index (κ2) is 10.5. The summed E-state index contributed by atoms with van der Waals surface area (Å²) in [5, 5.41) is 13.2. The molecule has 10 nitrogen and oxygen atoms in total. The van der Waals surface area contributed by atoms with Crippen molar-refractivity contribution in [2.24, 2.45) is 0 Å². The summed E-state index contributed by atoms with van der Waals surface area (Å²) in [6, 6.07) is 7.93. The van der Waals surface area contributed by atoms with E-state index in [9.17, 15) is 17.2 Å². The lowest BCUT2D eigenvalue weighted by Crippen LogP contribution is -2.29. The fraction of sp³-hybridized carbons (Fsp3) is 0.211. The van der Waals surface area contributed by atoms with Crippen LogP contribution in [-0.2, 0) is 21.3 Å². The van der Waals surface area contributed by atoms with E-state index in [2.05, 4.69) is 25.7 Å². The molecule has 0 radical (unpaired) electrons. The van der Waals surface area contributed by atoms with Crippen molar-refractivity contribution in [3.8, 4) is 5.69 Å². The van der Waals surface area contributed by atoms with E-state index in [1.54, 1.807) is 6.07 Å². The molecule has 5 N–H and O–H groups in total. The maximum atomic E-state index is 14.5. The van der Waals surface area contributed by atoms with Gasteiger partial charge in [-0.2, -0.15) is 0 Å². The molecule has 14 heteroatoms. The molecule has 0 bridgehead atoms. The zero-order valence-electron chi connectivity index (χ0n) is 17.4. The first-order valence-corrected chi connectivity index (χ1v) is 11.4. The van der Waals surface area contributed by atoms with Crippen molar-refractivity contribution in [2.45, 2.75) is 11.4 Å². The number of thiocarbonyl (C=S) groups is 1. The van der Waals surface area contributed by atoms with E-state index in [1.165, 1.54) is 36.2 Å². The summed E-state index contributed by atoms with van der Waals surface area (Å²) in [4.78, 5) is -0.00402. The highest BCUT2D eigenvalue weighted by molar-refractivity contribution is 7.89. The monoisotopic (exact) mass is 497 g/mol. The first kappa shape index (κ1) is 24.3. The minimum Gasteiger partial charge on any atom is -0.474 e. The molecule has 33 heavy (non-hydrogen) atoms. The number of anilines is 2. The largest absolute Gasteiger partial charge is 0.474 e. The second-order valence-electron chi connectivity index (χ2n) is 6.68. The fourth-order valence-electron chi connectivity index (χ4n) is 2.74. The highest BCUT2D eigenvalue weighted by atomic mass is 32.2. The highest BCUT2D eigenvalue weighted by Gasteiger charge is 2.16. The third kappa shape index (κ3) is 6.34. The molecule has 0 fully saturated rings. The van der Waals surface area contributed by atoms with E-state index in [0.717, 1.165) is 12.1 Å². The number of nitrogens with zero attached hydrogens (tertiary/aromatic N) is 3. The Morgan fingerprint density at radius 2 is 1.94 bits per heavy atom. The molecule has 0 aliphatic carbocycles. The summed E-state index contributed by atoms with van der Waals surface area (Å²) in [5.41, 5.74) is 6.10. The van der Waals surface area contributed by atoms with Crippen LogP contribution in [0.5, 0.6) is 0 Å². The quantitative estimate of drug-likeness (QED) is 0.197. The standard InChI is InChI=1S/C19H21F2N7O3S2/c1-31-19(32)24-10-13-11-28(27-26-13)14-8-16(20)18(17(21)9-14)23-5-6-25-33(29,30)15-4-2-3-12(22)7-15/h2-4,7-9,11,23,25H,5-6,10,22H2,1H3,(H,24,32). The van der Waals surface area contributed by atoms with Gasteiger partial charge in [-0.1, -0.05) is 11.3 Å². The Morgan fingerprint density at radius 3 is 2.61 bits per heavy atom. The lowest BCUT2D eigenvalue weighted by Gasteiger charge is -2.12. The zero-order chi connectivity index (χ0) is 24.0. The Morgan fingerprint density at radius 1 is 1.21 bits per heavy atom. The zero-order valence-corrected chi connectivity index (χ0v) is 19.0. The van der Waals surface area contributed by atoms with Crippen molar-refractivity contribution in [1.29, 1.82) is 0 Å². The van der Waals surface area contributed by atoms with Crippen LogP contribution in [0.1, 0.15) is 5.69 Å². The average molecular weight is 498 g/mol. The Bertz CT molecular complexity index is 1230.